The number of nitrogens with zero attached hydrogens (tertiary/aromatic N) is 1. The third kappa shape index (κ3) is 4.22. The molecule has 0 saturated carbocycles. The molecule has 0 radical (unpaired) electrons. The standard InChI is InChI=1S/C17H28N2O/c1-4-18-17-8-5-7-14-13-15(9-10-16(14)17)20-12-6-11-19(2)3/h9-10,13,17-18H,4-8,11-12H2,1-3H3. The first kappa shape index (κ1) is 15.3. The molecule has 0 aromatic heterocycles. The van der Waals surface area contributed by atoms with E-state index in [1.165, 1.54) is 30.4 Å². The summed E-state index contributed by atoms with van der Waals surface area (Å²) >= 11 is 0. The van der Waals surface area contributed by atoms with Crippen LogP contribution >= 0.6 is 0 Å². The molecule has 0 bridgehead atoms. The van der Waals surface area contributed by atoms with Crippen LogP contribution in [0.3, 0.4) is 0 Å². The van der Waals surface area contributed by atoms with Crippen molar-refractivity contribution in [1.29, 1.82) is 0 Å². The number of rotatable bonds is 7. The highest BCUT2D eigenvalue weighted by Gasteiger charge is 2.19. The zero-order chi connectivity index (χ0) is 14.4. The molecule has 0 fully saturated rings. The molecule has 0 amide bonds. The van der Waals surface area contributed by atoms with Crippen molar-refractivity contribution in [2.75, 3.05) is 33.8 Å². The van der Waals surface area contributed by atoms with E-state index >= 15 is 0 Å². The van der Waals surface area contributed by atoms with Gasteiger partial charge in [-0.1, -0.05) is 13.0 Å². The summed E-state index contributed by atoms with van der Waals surface area (Å²) in [5.41, 5.74) is 2.94. The average molecular weight is 276 g/mol. The molecule has 0 heterocycles. The summed E-state index contributed by atoms with van der Waals surface area (Å²) in [6.45, 7) is 5.09. The van der Waals surface area contributed by atoms with E-state index in [4.69, 9.17) is 4.74 Å². The first-order valence-electron chi connectivity index (χ1n) is 7.84. The minimum atomic E-state index is 0.534. The number of fused-ring (bicyclic) bond motifs is 1. The maximum Gasteiger partial charge on any atom is 0.119 e. The lowest BCUT2D eigenvalue weighted by Crippen LogP contribution is -2.24. The number of nitrogens with one attached hydrogen (secondary N) is 1. The monoisotopic (exact) mass is 276 g/mol. The van der Waals surface area contributed by atoms with E-state index in [0.717, 1.165) is 31.9 Å². The van der Waals surface area contributed by atoms with Gasteiger partial charge in [0.15, 0.2) is 0 Å². The smallest absolute Gasteiger partial charge is 0.119 e. The average Bonchev–Trinajstić information content (AvgIpc) is 2.44. The van der Waals surface area contributed by atoms with E-state index < -0.39 is 0 Å². The van der Waals surface area contributed by atoms with Crippen LogP contribution in [0.15, 0.2) is 18.2 Å². The summed E-state index contributed by atoms with van der Waals surface area (Å²) in [5.74, 6) is 1.03. The molecule has 1 N–H and O–H groups in total. The second kappa shape index (κ2) is 7.65. The molecule has 1 aromatic carbocycles. The fourth-order valence-electron chi connectivity index (χ4n) is 2.91. The molecule has 1 unspecified atom stereocenters. The quantitative estimate of drug-likeness (QED) is 0.775. The van der Waals surface area contributed by atoms with Gasteiger partial charge in [-0.15, -0.1) is 0 Å². The number of ether oxygens (including phenoxy) is 1. The predicted octanol–water partition coefficient (Wildman–Crippen LogP) is 3.00. The Morgan fingerprint density at radius 3 is 2.95 bits per heavy atom. The molecule has 3 heteroatoms. The normalized spacial score (nSPS) is 18.1. The van der Waals surface area contributed by atoms with Crippen LogP contribution in [0.4, 0.5) is 0 Å². The van der Waals surface area contributed by atoms with Gasteiger partial charge in [0.1, 0.15) is 5.75 Å². The maximum absolute atomic E-state index is 5.87. The van der Waals surface area contributed by atoms with Crippen LogP contribution < -0.4 is 10.1 Å². The van der Waals surface area contributed by atoms with Gasteiger partial charge in [-0.2, -0.15) is 0 Å². The van der Waals surface area contributed by atoms with Crippen molar-refractivity contribution in [2.24, 2.45) is 0 Å². The highest BCUT2D eigenvalue weighted by Crippen LogP contribution is 2.32. The van der Waals surface area contributed by atoms with E-state index in [-0.39, 0.29) is 0 Å². The Labute approximate surface area is 123 Å². The lowest BCUT2D eigenvalue weighted by atomic mass is 9.87. The summed E-state index contributed by atoms with van der Waals surface area (Å²) in [4.78, 5) is 2.19. The number of hydrogen-bond donors (Lipinski definition) is 1. The lowest BCUT2D eigenvalue weighted by Gasteiger charge is -2.26. The van der Waals surface area contributed by atoms with Gasteiger partial charge in [-0.3, -0.25) is 0 Å². The predicted molar refractivity (Wildman–Crippen MR) is 84.5 cm³/mol. The second-order valence-electron chi connectivity index (χ2n) is 5.87. The van der Waals surface area contributed by atoms with Gasteiger partial charge in [0.25, 0.3) is 0 Å². The molecule has 1 atom stereocenters. The minimum absolute atomic E-state index is 0.534. The highest BCUT2D eigenvalue weighted by molar-refractivity contribution is 5.39. The summed E-state index contributed by atoms with van der Waals surface area (Å²) in [6, 6.07) is 7.16. The summed E-state index contributed by atoms with van der Waals surface area (Å²) < 4.78 is 5.87. The van der Waals surface area contributed by atoms with Gasteiger partial charge in [0, 0.05) is 12.6 Å². The van der Waals surface area contributed by atoms with Crippen molar-refractivity contribution in [3.63, 3.8) is 0 Å². The minimum Gasteiger partial charge on any atom is -0.494 e. The first-order valence-corrected chi connectivity index (χ1v) is 7.84. The van der Waals surface area contributed by atoms with Crippen LogP contribution in [0.1, 0.15) is 43.4 Å². The van der Waals surface area contributed by atoms with Crippen molar-refractivity contribution in [3.05, 3.63) is 29.3 Å². The molecule has 0 spiro atoms. The molecule has 0 aliphatic heterocycles. The topological polar surface area (TPSA) is 24.5 Å². The van der Waals surface area contributed by atoms with Crippen LogP contribution in [0.5, 0.6) is 5.75 Å². The summed E-state index contributed by atoms with van der Waals surface area (Å²) in [5, 5.41) is 3.58. The van der Waals surface area contributed by atoms with E-state index in [1.807, 2.05) is 0 Å². The molecule has 20 heavy (non-hydrogen) atoms. The molecule has 0 saturated heterocycles. The molecular formula is C17H28N2O. The van der Waals surface area contributed by atoms with E-state index in [2.05, 4.69) is 49.4 Å². The summed E-state index contributed by atoms with van der Waals surface area (Å²) in [6.07, 6.45) is 4.79. The zero-order valence-electron chi connectivity index (χ0n) is 13.1. The van der Waals surface area contributed by atoms with Crippen molar-refractivity contribution in [1.82, 2.24) is 10.2 Å². The highest BCUT2D eigenvalue weighted by atomic mass is 16.5. The van der Waals surface area contributed by atoms with Crippen LogP contribution in [-0.2, 0) is 6.42 Å². The van der Waals surface area contributed by atoms with Crippen molar-refractivity contribution in [3.8, 4) is 5.75 Å². The zero-order valence-corrected chi connectivity index (χ0v) is 13.1. The lowest BCUT2D eigenvalue weighted by molar-refractivity contribution is 0.281. The Hall–Kier alpha value is -1.06. The van der Waals surface area contributed by atoms with Gasteiger partial charge in [0.05, 0.1) is 6.61 Å². The van der Waals surface area contributed by atoms with Crippen molar-refractivity contribution < 1.29 is 4.74 Å². The van der Waals surface area contributed by atoms with Crippen molar-refractivity contribution in [2.45, 2.75) is 38.6 Å². The molecule has 3 nitrogen and oxygen atoms in total. The molecule has 2 rings (SSSR count). The molecule has 1 aliphatic carbocycles. The second-order valence-corrected chi connectivity index (χ2v) is 5.87. The Kier molecular flexibility index (Phi) is 5.86. The Morgan fingerprint density at radius 1 is 1.35 bits per heavy atom. The Balaban J connectivity index is 1.93. The molecule has 112 valence electrons. The number of benzene rings is 1. The van der Waals surface area contributed by atoms with Crippen LogP contribution in [-0.4, -0.2) is 38.7 Å². The van der Waals surface area contributed by atoms with Gasteiger partial charge >= 0.3 is 0 Å². The summed E-state index contributed by atoms with van der Waals surface area (Å²) in [7, 11) is 4.19. The fraction of sp³-hybridized carbons (Fsp3) is 0.647. The molecular weight excluding hydrogens is 248 g/mol. The molecule has 1 aliphatic rings. The van der Waals surface area contributed by atoms with Gasteiger partial charge in [0.2, 0.25) is 0 Å². The largest absolute Gasteiger partial charge is 0.494 e. The Bertz CT molecular complexity index is 417. The van der Waals surface area contributed by atoms with Gasteiger partial charge in [-0.25, -0.2) is 0 Å². The van der Waals surface area contributed by atoms with E-state index in [9.17, 15) is 0 Å². The van der Waals surface area contributed by atoms with Crippen molar-refractivity contribution >= 4 is 0 Å². The van der Waals surface area contributed by atoms with Gasteiger partial charge < -0.3 is 15.0 Å². The van der Waals surface area contributed by atoms with E-state index in [1.54, 1.807) is 0 Å². The van der Waals surface area contributed by atoms with E-state index in [0.29, 0.717) is 6.04 Å². The Morgan fingerprint density at radius 2 is 2.20 bits per heavy atom. The fourth-order valence-corrected chi connectivity index (χ4v) is 2.91. The third-order valence-electron chi connectivity index (χ3n) is 3.90. The number of aryl methyl sites for hydroxylation is 1. The maximum atomic E-state index is 5.87. The van der Waals surface area contributed by atoms with Crippen LogP contribution in [0.2, 0.25) is 0 Å². The van der Waals surface area contributed by atoms with Crippen LogP contribution in [0, 0.1) is 0 Å². The third-order valence-corrected chi connectivity index (χ3v) is 3.90. The first-order chi connectivity index (χ1) is 9.70. The molecule has 1 aromatic rings. The number of hydrogen-bond acceptors (Lipinski definition) is 3. The van der Waals surface area contributed by atoms with Crippen LogP contribution in [0.25, 0.3) is 0 Å². The SMILES string of the molecule is CCNC1CCCc2cc(OCCCN(C)C)ccc21. The van der Waals surface area contributed by atoms with Gasteiger partial charge in [-0.05, 0) is 69.6 Å².